The zero-order valence-corrected chi connectivity index (χ0v) is 8.87. The van der Waals surface area contributed by atoms with E-state index in [0.717, 1.165) is 38.6 Å². The molecule has 2 aliphatic rings. The third-order valence-electron chi connectivity index (χ3n) is 3.68. The lowest BCUT2D eigenvalue weighted by Crippen LogP contribution is -2.50. The molecule has 4 nitrogen and oxygen atoms in total. The summed E-state index contributed by atoms with van der Waals surface area (Å²) in [6.07, 6.45) is 5.00. The van der Waals surface area contributed by atoms with E-state index in [1.165, 1.54) is 0 Å². The molecule has 1 heterocycles. The Hall–Kier alpha value is -1.06. The molecule has 1 saturated heterocycles. The summed E-state index contributed by atoms with van der Waals surface area (Å²) < 4.78 is 0. The molecule has 2 fully saturated rings. The van der Waals surface area contributed by atoms with E-state index in [9.17, 15) is 9.59 Å². The highest BCUT2D eigenvalue weighted by Gasteiger charge is 2.46. The van der Waals surface area contributed by atoms with Crippen LogP contribution < -0.4 is 0 Å². The second-order valence-corrected chi connectivity index (χ2v) is 4.71. The highest BCUT2D eigenvalue weighted by atomic mass is 16.4. The molecule has 15 heavy (non-hydrogen) atoms. The van der Waals surface area contributed by atoms with E-state index in [1.54, 1.807) is 4.90 Å². The highest BCUT2D eigenvalue weighted by molar-refractivity contribution is 5.80. The maximum absolute atomic E-state index is 11.6. The lowest BCUT2D eigenvalue weighted by Gasteiger charge is -2.42. The molecule has 1 saturated carbocycles. The van der Waals surface area contributed by atoms with E-state index < -0.39 is 11.4 Å². The number of rotatable bonds is 3. The Labute approximate surface area is 89.3 Å². The molecule has 0 unspecified atom stereocenters. The second kappa shape index (κ2) is 3.83. The topological polar surface area (TPSA) is 57.6 Å². The summed E-state index contributed by atoms with van der Waals surface area (Å²) in [4.78, 5) is 24.5. The number of piperidine rings is 1. The summed E-state index contributed by atoms with van der Waals surface area (Å²) in [5, 5.41) is 9.16. The zero-order chi connectivity index (χ0) is 10.9. The Kier molecular flexibility index (Phi) is 2.67. The van der Waals surface area contributed by atoms with Crippen molar-refractivity contribution in [3.8, 4) is 0 Å². The van der Waals surface area contributed by atoms with Crippen LogP contribution in [-0.4, -0.2) is 35.0 Å². The summed E-state index contributed by atoms with van der Waals surface area (Å²) in [6.45, 7) is 1.18. The van der Waals surface area contributed by atoms with Crippen LogP contribution in [-0.2, 0) is 9.59 Å². The van der Waals surface area contributed by atoms with Crippen LogP contribution in [0.3, 0.4) is 0 Å². The molecule has 4 heteroatoms. The van der Waals surface area contributed by atoms with Gasteiger partial charge in [0.2, 0.25) is 5.91 Å². The van der Waals surface area contributed by atoms with Crippen molar-refractivity contribution in [2.45, 2.75) is 38.5 Å². The fourth-order valence-electron chi connectivity index (χ4n) is 2.44. The van der Waals surface area contributed by atoms with Gasteiger partial charge in [-0.05, 0) is 25.7 Å². The van der Waals surface area contributed by atoms with Crippen LogP contribution >= 0.6 is 0 Å². The molecule has 1 amide bonds. The molecule has 84 valence electrons. The van der Waals surface area contributed by atoms with Crippen molar-refractivity contribution < 1.29 is 14.7 Å². The number of hydrogen-bond donors (Lipinski definition) is 1. The van der Waals surface area contributed by atoms with E-state index in [-0.39, 0.29) is 5.91 Å². The van der Waals surface area contributed by atoms with Crippen LogP contribution in [0.5, 0.6) is 0 Å². The predicted octanol–water partition coefficient (Wildman–Crippen LogP) is 1.25. The Morgan fingerprint density at radius 3 is 2.53 bits per heavy atom. The quantitative estimate of drug-likeness (QED) is 0.764. The SMILES string of the molecule is O=C1CCCCN1CC1(C(=O)O)CCC1. The lowest BCUT2D eigenvalue weighted by atomic mass is 9.68. The molecular weight excluding hydrogens is 194 g/mol. The number of hydrogen-bond acceptors (Lipinski definition) is 2. The van der Waals surface area contributed by atoms with Crippen LogP contribution in [0.25, 0.3) is 0 Å². The van der Waals surface area contributed by atoms with Gasteiger partial charge in [0.25, 0.3) is 0 Å². The van der Waals surface area contributed by atoms with Gasteiger partial charge >= 0.3 is 5.97 Å². The normalized spacial score (nSPS) is 24.8. The molecule has 1 N–H and O–H groups in total. The first-order valence-electron chi connectivity index (χ1n) is 5.65. The van der Waals surface area contributed by atoms with Gasteiger partial charge in [-0.25, -0.2) is 0 Å². The molecule has 1 aliphatic heterocycles. The molecule has 0 aromatic carbocycles. The van der Waals surface area contributed by atoms with Gasteiger partial charge in [-0.15, -0.1) is 0 Å². The van der Waals surface area contributed by atoms with Crippen molar-refractivity contribution in [2.75, 3.05) is 13.1 Å². The maximum Gasteiger partial charge on any atom is 0.311 e. The number of carbonyl (C=O) groups is 2. The van der Waals surface area contributed by atoms with Crippen molar-refractivity contribution in [1.82, 2.24) is 4.90 Å². The minimum Gasteiger partial charge on any atom is -0.481 e. The summed E-state index contributed by atoms with van der Waals surface area (Å²) >= 11 is 0. The number of carboxylic acid groups (broad SMARTS) is 1. The first-order valence-corrected chi connectivity index (χ1v) is 5.65. The number of likely N-dealkylation sites (tertiary alicyclic amines) is 1. The average Bonchev–Trinajstić information content (AvgIpc) is 2.13. The largest absolute Gasteiger partial charge is 0.481 e. The Morgan fingerprint density at radius 1 is 1.33 bits per heavy atom. The molecule has 0 spiro atoms. The average molecular weight is 211 g/mol. The van der Waals surface area contributed by atoms with Crippen LogP contribution in [0.1, 0.15) is 38.5 Å². The Balaban J connectivity index is 2.00. The van der Waals surface area contributed by atoms with E-state index in [0.29, 0.717) is 13.0 Å². The van der Waals surface area contributed by atoms with Gasteiger partial charge in [0.15, 0.2) is 0 Å². The van der Waals surface area contributed by atoms with Gasteiger partial charge in [0, 0.05) is 19.5 Å². The van der Waals surface area contributed by atoms with E-state index in [4.69, 9.17) is 5.11 Å². The third kappa shape index (κ3) is 1.85. The van der Waals surface area contributed by atoms with E-state index >= 15 is 0 Å². The van der Waals surface area contributed by atoms with E-state index in [2.05, 4.69) is 0 Å². The minimum absolute atomic E-state index is 0.133. The third-order valence-corrected chi connectivity index (χ3v) is 3.68. The van der Waals surface area contributed by atoms with Crippen LogP contribution in [0.2, 0.25) is 0 Å². The number of aliphatic carboxylic acids is 1. The fraction of sp³-hybridized carbons (Fsp3) is 0.818. The molecular formula is C11H17NO3. The Morgan fingerprint density at radius 2 is 2.07 bits per heavy atom. The molecule has 2 rings (SSSR count). The summed E-state index contributed by atoms with van der Waals surface area (Å²) in [5.74, 6) is -0.596. The molecule has 0 aromatic rings. The van der Waals surface area contributed by atoms with Gasteiger partial charge in [0.05, 0.1) is 5.41 Å². The maximum atomic E-state index is 11.6. The number of carboxylic acids is 1. The van der Waals surface area contributed by atoms with Crippen molar-refractivity contribution in [3.63, 3.8) is 0 Å². The minimum atomic E-state index is -0.730. The lowest BCUT2D eigenvalue weighted by molar-refractivity contribution is -0.158. The van der Waals surface area contributed by atoms with Crippen molar-refractivity contribution in [1.29, 1.82) is 0 Å². The van der Waals surface area contributed by atoms with Crippen LogP contribution in [0.4, 0.5) is 0 Å². The number of nitrogens with zero attached hydrogens (tertiary/aromatic N) is 1. The van der Waals surface area contributed by atoms with Crippen molar-refractivity contribution in [3.05, 3.63) is 0 Å². The molecule has 1 aliphatic carbocycles. The highest BCUT2D eigenvalue weighted by Crippen LogP contribution is 2.42. The zero-order valence-electron chi connectivity index (χ0n) is 8.87. The number of amides is 1. The monoisotopic (exact) mass is 211 g/mol. The van der Waals surface area contributed by atoms with Gasteiger partial charge in [-0.1, -0.05) is 6.42 Å². The second-order valence-electron chi connectivity index (χ2n) is 4.71. The molecule has 0 atom stereocenters. The summed E-state index contributed by atoms with van der Waals surface area (Å²) in [7, 11) is 0. The molecule has 0 bridgehead atoms. The van der Waals surface area contributed by atoms with Crippen LogP contribution in [0, 0.1) is 5.41 Å². The van der Waals surface area contributed by atoms with Crippen molar-refractivity contribution >= 4 is 11.9 Å². The standard InChI is InChI=1S/C11H17NO3/c13-9-4-1-2-7-12(9)8-11(10(14)15)5-3-6-11/h1-8H2,(H,14,15). The predicted molar refractivity (Wildman–Crippen MR) is 54.4 cm³/mol. The van der Waals surface area contributed by atoms with Gasteiger partial charge in [0.1, 0.15) is 0 Å². The fourth-order valence-corrected chi connectivity index (χ4v) is 2.44. The summed E-state index contributed by atoms with van der Waals surface area (Å²) in [6, 6.07) is 0. The van der Waals surface area contributed by atoms with Crippen LogP contribution in [0.15, 0.2) is 0 Å². The summed E-state index contributed by atoms with van der Waals surface area (Å²) in [5.41, 5.74) is -0.618. The van der Waals surface area contributed by atoms with Gasteiger partial charge in [-0.3, -0.25) is 9.59 Å². The van der Waals surface area contributed by atoms with Crippen molar-refractivity contribution in [2.24, 2.45) is 5.41 Å². The van der Waals surface area contributed by atoms with Gasteiger partial charge in [-0.2, -0.15) is 0 Å². The number of carbonyl (C=O) groups excluding carboxylic acids is 1. The smallest absolute Gasteiger partial charge is 0.311 e. The Bertz CT molecular complexity index is 284. The van der Waals surface area contributed by atoms with Gasteiger partial charge < -0.3 is 10.0 Å². The molecule has 0 aromatic heterocycles. The first-order chi connectivity index (χ1) is 7.14. The van der Waals surface area contributed by atoms with E-state index in [1.807, 2.05) is 0 Å². The molecule has 0 radical (unpaired) electrons. The first kappa shape index (κ1) is 10.5.